The molecular formula is C16H17Cl2N. The summed E-state index contributed by atoms with van der Waals surface area (Å²) in [4.78, 5) is 0. The fraction of sp³-hybridized carbons (Fsp3) is 0.250. The first-order valence-corrected chi connectivity index (χ1v) is 7.14. The first-order valence-electron chi connectivity index (χ1n) is 6.39. The Kier molecular flexibility index (Phi) is 4.87. The van der Waals surface area contributed by atoms with Crippen LogP contribution >= 0.6 is 23.2 Å². The summed E-state index contributed by atoms with van der Waals surface area (Å²) in [5.41, 5.74) is 3.33. The molecule has 0 aliphatic heterocycles. The number of halogens is 2. The minimum absolute atomic E-state index is 0.359. The third kappa shape index (κ3) is 3.11. The van der Waals surface area contributed by atoms with Gasteiger partial charge in [0, 0.05) is 11.6 Å². The molecule has 1 unspecified atom stereocenters. The van der Waals surface area contributed by atoms with Gasteiger partial charge in [-0.3, -0.25) is 0 Å². The maximum absolute atomic E-state index is 6.28. The minimum Gasteiger partial charge on any atom is -0.313 e. The second kappa shape index (κ2) is 6.42. The van der Waals surface area contributed by atoms with Crippen LogP contribution in [0.4, 0.5) is 0 Å². The highest BCUT2D eigenvalue weighted by Crippen LogP contribution is 2.34. The van der Waals surface area contributed by atoms with Crippen LogP contribution in [0.25, 0.3) is 11.1 Å². The maximum Gasteiger partial charge on any atom is 0.0670 e. The van der Waals surface area contributed by atoms with Gasteiger partial charge in [-0.25, -0.2) is 0 Å². The highest BCUT2D eigenvalue weighted by Gasteiger charge is 2.10. The predicted molar refractivity (Wildman–Crippen MR) is 84.0 cm³/mol. The van der Waals surface area contributed by atoms with E-state index in [1.54, 1.807) is 6.07 Å². The molecule has 0 aliphatic rings. The highest BCUT2D eigenvalue weighted by atomic mass is 35.5. The number of hydrogen-bond acceptors (Lipinski definition) is 1. The lowest BCUT2D eigenvalue weighted by Gasteiger charge is -2.16. The van der Waals surface area contributed by atoms with Crippen molar-refractivity contribution < 1.29 is 0 Å². The molecule has 0 fully saturated rings. The Morgan fingerprint density at radius 2 is 1.84 bits per heavy atom. The molecule has 100 valence electrons. The third-order valence-electron chi connectivity index (χ3n) is 3.31. The van der Waals surface area contributed by atoms with E-state index < -0.39 is 0 Å². The fourth-order valence-electron chi connectivity index (χ4n) is 2.26. The number of rotatable bonds is 4. The molecule has 0 aromatic heterocycles. The van der Waals surface area contributed by atoms with Crippen LogP contribution in [-0.4, -0.2) is 7.05 Å². The van der Waals surface area contributed by atoms with Crippen LogP contribution in [0.5, 0.6) is 0 Å². The standard InChI is InChI=1S/C16H17Cl2N/c1-3-15(19-2)12-7-4-6-11(10-12)13-8-5-9-14(17)16(13)18/h4-10,15,19H,3H2,1-2H3. The van der Waals surface area contributed by atoms with E-state index in [4.69, 9.17) is 23.2 Å². The van der Waals surface area contributed by atoms with Gasteiger partial charge in [-0.2, -0.15) is 0 Å². The largest absolute Gasteiger partial charge is 0.313 e. The van der Waals surface area contributed by atoms with Gasteiger partial charge in [0.2, 0.25) is 0 Å². The van der Waals surface area contributed by atoms with Gasteiger partial charge in [-0.1, -0.05) is 60.5 Å². The monoisotopic (exact) mass is 293 g/mol. The molecule has 2 aromatic carbocycles. The second-order valence-corrected chi connectivity index (χ2v) is 5.26. The summed E-state index contributed by atoms with van der Waals surface area (Å²) in [6, 6.07) is 14.5. The van der Waals surface area contributed by atoms with Gasteiger partial charge in [0.05, 0.1) is 10.0 Å². The Morgan fingerprint density at radius 1 is 1.11 bits per heavy atom. The van der Waals surface area contributed by atoms with Crippen molar-refractivity contribution >= 4 is 23.2 Å². The predicted octanol–water partition coefficient (Wildman–Crippen LogP) is 5.33. The summed E-state index contributed by atoms with van der Waals surface area (Å²) in [6.07, 6.45) is 1.04. The van der Waals surface area contributed by atoms with Crippen molar-refractivity contribution in [2.45, 2.75) is 19.4 Å². The molecule has 3 heteroatoms. The van der Waals surface area contributed by atoms with Crippen molar-refractivity contribution in [2.24, 2.45) is 0 Å². The van der Waals surface area contributed by atoms with Crippen LogP contribution in [-0.2, 0) is 0 Å². The molecule has 2 aromatic rings. The molecule has 2 rings (SSSR count). The van der Waals surface area contributed by atoms with Crippen LogP contribution in [0.3, 0.4) is 0 Å². The van der Waals surface area contributed by atoms with Crippen molar-refractivity contribution in [2.75, 3.05) is 7.05 Å². The molecule has 0 amide bonds. The Hall–Kier alpha value is -1.02. The molecule has 1 N–H and O–H groups in total. The van der Waals surface area contributed by atoms with Gasteiger partial charge in [-0.05, 0) is 36.7 Å². The Labute approximate surface area is 124 Å². The van der Waals surface area contributed by atoms with Crippen molar-refractivity contribution in [1.29, 1.82) is 0 Å². The first-order chi connectivity index (χ1) is 9.17. The molecule has 1 atom stereocenters. The zero-order chi connectivity index (χ0) is 13.8. The average Bonchev–Trinajstić information content (AvgIpc) is 2.44. The zero-order valence-electron chi connectivity index (χ0n) is 11.1. The van der Waals surface area contributed by atoms with Crippen molar-refractivity contribution in [3.05, 3.63) is 58.1 Å². The SMILES string of the molecule is CCC(NC)c1cccc(-c2cccc(Cl)c2Cl)c1. The van der Waals surface area contributed by atoms with Gasteiger partial charge >= 0.3 is 0 Å². The van der Waals surface area contributed by atoms with E-state index in [1.165, 1.54) is 5.56 Å². The summed E-state index contributed by atoms with van der Waals surface area (Å²) in [6.45, 7) is 2.17. The molecule has 0 saturated carbocycles. The Bertz CT molecular complexity index is 562. The second-order valence-electron chi connectivity index (χ2n) is 4.48. The van der Waals surface area contributed by atoms with Crippen LogP contribution in [0.2, 0.25) is 10.0 Å². The smallest absolute Gasteiger partial charge is 0.0670 e. The lowest BCUT2D eigenvalue weighted by atomic mass is 9.98. The first kappa shape index (κ1) is 14.4. The Balaban J connectivity index is 2.46. The molecule has 0 saturated heterocycles. The van der Waals surface area contributed by atoms with Crippen molar-refractivity contribution in [3.8, 4) is 11.1 Å². The lowest BCUT2D eigenvalue weighted by Crippen LogP contribution is -2.15. The van der Waals surface area contributed by atoms with Crippen LogP contribution in [0.1, 0.15) is 24.9 Å². The van der Waals surface area contributed by atoms with Crippen molar-refractivity contribution in [3.63, 3.8) is 0 Å². The fourth-order valence-corrected chi connectivity index (χ4v) is 2.67. The highest BCUT2D eigenvalue weighted by molar-refractivity contribution is 6.43. The van der Waals surface area contributed by atoms with Crippen molar-refractivity contribution in [1.82, 2.24) is 5.32 Å². The summed E-state index contributed by atoms with van der Waals surface area (Å²) in [5.74, 6) is 0. The van der Waals surface area contributed by atoms with E-state index in [0.29, 0.717) is 16.1 Å². The molecule has 0 aliphatic carbocycles. The zero-order valence-corrected chi connectivity index (χ0v) is 12.6. The van der Waals surface area contributed by atoms with Gasteiger partial charge in [0.1, 0.15) is 0 Å². The number of hydrogen-bond donors (Lipinski definition) is 1. The van der Waals surface area contributed by atoms with Crippen LogP contribution in [0.15, 0.2) is 42.5 Å². The van der Waals surface area contributed by atoms with Gasteiger partial charge in [-0.15, -0.1) is 0 Å². The lowest BCUT2D eigenvalue weighted by molar-refractivity contribution is 0.577. The quantitative estimate of drug-likeness (QED) is 0.803. The van der Waals surface area contributed by atoms with E-state index in [-0.39, 0.29) is 0 Å². The molecule has 0 heterocycles. The molecule has 0 bridgehead atoms. The average molecular weight is 294 g/mol. The maximum atomic E-state index is 6.28. The topological polar surface area (TPSA) is 12.0 Å². The summed E-state index contributed by atoms with van der Waals surface area (Å²) >= 11 is 12.4. The van der Waals surface area contributed by atoms with E-state index in [1.807, 2.05) is 19.2 Å². The number of benzene rings is 2. The van der Waals surface area contributed by atoms with E-state index in [9.17, 15) is 0 Å². The van der Waals surface area contributed by atoms with Gasteiger partial charge in [0.15, 0.2) is 0 Å². The molecule has 0 radical (unpaired) electrons. The van der Waals surface area contributed by atoms with E-state index in [2.05, 4.69) is 36.5 Å². The number of nitrogens with one attached hydrogen (secondary N) is 1. The Morgan fingerprint density at radius 3 is 2.53 bits per heavy atom. The third-order valence-corrected chi connectivity index (χ3v) is 4.13. The van der Waals surface area contributed by atoms with Gasteiger partial charge < -0.3 is 5.32 Å². The molecule has 19 heavy (non-hydrogen) atoms. The van der Waals surface area contributed by atoms with Crippen LogP contribution < -0.4 is 5.32 Å². The van der Waals surface area contributed by atoms with E-state index >= 15 is 0 Å². The molecular weight excluding hydrogens is 277 g/mol. The summed E-state index contributed by atoms with van der Waals surface area (Å²) in [5, 5.41) is 4.51. The summed E-state index contributed by atoms with van der Waals surface area (Å²) in [7, 11) is 1.98. The minimum atomic E-state index is 0.359. The van der Waals surface area contributed by atoms with Crippen LogP contribution in [0, 0.1) is 0 Å². The summed E-state index contributed by atoms with van der Waals surface area (Å²) < 4.78 is 0. The molecule has 0 spiro atoms. The van der Waals surface area contributed by atoms with Gasteiger partial charge in [0.25, 0.3) is 0 Å². The normalized spacial score (nSPS) is 12.4. The molecule has 1 nitrogen and oxygen atoms in total. The van der Waals surface area contributed by atoms with E-state index in [0.717, 1.165) is 17.5 Å².